The predicted octanol–water partition coefficient (Wildman–Crippen LogP) is 2.72. The minimum Gasteiger partial charge on any atom is -0.263 e. The molecule has 0 unspecified atom stereocenters. The van der Waals surface area contributed by atoms with E-state index < -0.39 is 10.0 Å². The quantitative estimate of drug-likeness (QED) is 0.945. The van der Waals surface area contributed by atoms with Gasteiger partial charge in [0.05, 0.1) is 10.6 Å². The van der Waals surface area contributed by atoms with Gasteiger partial charge in [-0.3, -0.25) is 4.72 Å². The second kappa shape index (κ2) is 5.49. The van der Waals surface area contributed by atoms with Gasteiger partial charge in [0.15, 0.2) is 0 Å². The van der Waals surface area contributed by atoms with Crippen LogP contribution >= 0.6 is 11.6 Å². The van der Waals surface area contributed by atoms with Gasteiger partial charge >= 0.3 is 0 Å². The van der Waals surface area contributed by atoms with Gasteiger partial charge in [0.25, 0.3) is 10.0 Å². The molecule has 0 aliphatic rings. The maximum absolute atomic E-state index is 12.2. The highest BCUT2D eigenvalue weighted by atomic mass is 35.5. The maximum atomic E-state index is 12.2. The topological polar surface area (TPSA) is 82.9 Å². The van der Waals surface area contributed by atoms with Gasteiger partial charge in [-0.05, 0) is 36.8 Å². The fourth-order valence-electron chi connectivity index (χ4n) is 1.54. The Morgan fingerprint density at radius 3 is 2.60 bits per heavy atom. The number of halogens is 1. The molecule has 5 nitrogen and oxygen atoms in total. The Balaban J connectivity index is 2.33. The molecule has 1 aromatic heterocycles. The van der Waals surface area contributed by atoms with Gasteiger partial charge in [-0.15, -0.1) is 0 Å². The highest BCUT2D eigenvalue weighted by molar-refractivity contribution is 7.92. The minimum atomic E-state index is -3.81. The van der Waals surface area contributed by atoms with Crippen molar-refractivity contribution in [3.05, 3.63) is 52.7 Å². The number of aryl methyl sites for hydroxylation is 1. The highest BCUT2D eigenvalue weighted by Crippen LogP contribution is 2.24. The fraction of sp³-hybridized carbons (Fsp3) is 0.0769. The number of hydrogen-bond acceptors (Lipinski definition) is 4. The molecule has 2 rings (SSSR count). The van der Waals surface area contributed by atoms with Crippen LogP contribution in [0.15, 0.2) is 41.4 Å². The minimum absolute atomic E-state index is 0.0177. The zero-order chi connectivity index (χ0) is 14.8. The number of sulfonamides is 1. The summed E-state index contributed by atoms with van der Waals surface area (Å²) >= 11 is 5.95. The Morgan fingerprint density at radius 2 is 2.05 bits per heavy atom. The van der Waals surface area contributed by atoms with Crippen molar-refractivity contribution in [3.8, 4) is 6.07 Å². The van der Waals surface area contributed by atoms with Gasteiger partial charge in [0, 0.05) is 6.20 Å². The van der Waals surface area contributed by atoms with Gasteiger partial charge in [0.2, 0.25) is 0 Å². The summed E-state index contributed by atoms with van der Waals surface area (Å²) in [5, 5.41) is 8.80. The first-order valence-corrected chi connectivity index (χ1v) is 7.43. The number of benzene rings is 1. The molecule has 0 fully saturated rings. The lowest BCUT2D eigenvalue weighted by atomic mass is 10.2. The second-order valence-corrected chi connectivity index (χ2v) is 6.14. The first-order chi connectivity index (χ1) is 9.42. The first-order valence-electron chi connectivity index (χ1n) is 5.57. The molecule has 0 amide bonds. The third-order valence-corrected chi connectivity index (χ3v) is 4.35. The number of rotatable bonds is 3. The Hall–Kier alpha value is -2.10. The normalized spacial score (nSPS) is 10.8. The molecule has 1 N–H and O–H groups in total. The molecule has 20 heavy (non-hydrogen) atoms. The summed E-state index contributed by atoms with van der Waals surface area (Å²) in [4.78, 5) is 3.83. The Bertz CT molecular complexity index is 780. The predicted molar refractivity (Wildman–Crippen MR) is 75.9 cm³/mol. The van der Waals surface area contributed by atoms with Crippen LogP contribution in [0.2, 0.25) is 5.02 Å². The van der Waals surface area contributed by atoms with Crippen molar-refractivity contribution in [2.24, 2.45) is 0 Å². The van der Waals surface area contributed by atoms with E-state index in [9.17, 15) is 8.42 Å². The largest absolute Gasteiger partial charge is 0.264 e. The zero-order valence-corrected chi connectivity index (χ0v) is 12.0. The highest BCUT2D eigenvalue weighted by Gasteiger charge is 2.18. The third-order valence-electron chi connectivity index (χ3n) is 2.51. The van der Waals surface area contributed by atoms with Crippen LogP contribution in [0, 0.1) is 18.3 Å². The molecule has 0 saturated carbocycles. The molecule has 0 saturated heterocycles. The van der Waals surface area contributed by atoms with Crippen LogP contribution in [-0.4, -0.2) is 13.4 Å². The first kappa shape index (κ1) is 14.3. The van der Waals surface area contributed by atoms with Crippen LogP contribution in [0.25, 0.3) is 0 Å². The smallest absolute Gasteiger partial charge is 0.263 e. The van der Waals surface area contributed by atoms with Gasteiger partial charge in [-0.1, -0.05) is 17.7 Å². The van der Waals surface area contributed by atoms with E-state index >= 15 is 0 Å². The number of pyridine rings is 1. The summed E-state index contributed by atoms with van der Waals surface area (Å²) in [5.74, 6) is 0.126. The van der Waals surface area contributed by atoms with Crippen molar-refractivity contribution in [2.45, 2.75) is 11.8 Å². The molecule has 0 atom stereocenters. The Morgan fingerprint density at radius 1 is 1.30 bits per heavy atom. The van der Waals surface area contributed by atoms with Crippen molar-refractivity contribution in [2.75, 3.05) is 4.72 Å². The number of anilines is 1. The van der Waals surface area contributed by atoms with Crippen molar-refractivity contribution in [3.63, 3.8) is 0 Å². The maximum Gasteiger partial charge on any atom is 0.264 e. The van der Waals surface area contributed by atoms with Crippen molar-refractivity contribution >= 4 is 27.4 Å². The molecule has 0 radical (unpaired) electrons. The lowest BCUT2D eigenvalue weighted by Gasteiger charge is -2.09. The summed E-state index contributed by atoms with van der Waals surface area (Å²) < 4.78 is 26.7. The lowest BCUT2D eigenvalue weighted by molar-refractivity contribution is 0.601. The van der Waals surface area contributed by atoms with Gasteiger partial charge in [0.1, 0.15) is 16.8 Å². The SMILES string of the molecule is Cc1ccc(S(=O)(=O)Nc2ccc(C#N)cn2)c(Cl)c1. The summed E-state index contributed by atoms with van der Waals surface area (Å²) in [6, 6.07) is 9.46. The Labute approximate surface area is 121 Å². The van der Waals surface area contributed by atoms with Crippen molar-refractivity contribution < 1.29 is 8.42 Å². The van der Waals surface area contributed by atoms with E-state index in [2.05, 4.69) is 9.71 Å². The van der Waals surface area contributed by atoms with Gasteiger partial charge in [-0.25, -0.2) is 13.4 Å². The molecule has 7 heteroatoms. The zero-order valence-electron chi connectivity index (χ0n) is 10.5. The standard InChI is InChI=1S/C13H10ClN3O2S/c1-9-2-4-12(11(14)6-9)20(18,19)17-13-5-3-10(7-15)8-16-13/h2-6,8H,1H3,(H,16,17). The van der Waals surface area contributed by atoms with Crippen LogP contribution in [0.3, 0.4) is 0 Å². The number of nitrogens with one attached hydrogen (secondary N) is 1. The van der Waals surface area contributed by atoms with E-state index in [0.29, 0.717) is 5.56 Å². The van der Waals surface area contributed by atoms with Gasteiger partial charge in [-0.2, -0.15) is 5.26 Å². The lowest BCUT2D eigenvalue weighted by Crippen LogP contribution is -2.14. The second-order valence-electron chi connectivity index (χ2n) is 4.08. The molecule has 1 heterocycles. The van der Waals surface area contributed by atoms with Crippen molar-refractivity contribution in [1.29, 1.82) is 5.26 Å². The average molecular weight is 308 g/mol. The van der Waals surface area contributed by atoms with Crippen LogP contribution in [0.5, 0.6) is 0 Å². The molecule has 0 spiro atoms. The molecular formula is C13H10ClN3O2S. The van der Waals surface area contributed by atoms with E-state index in [4.69, 9.17) is 16.9 Å². The summed E-state index contributed by atoms with van der Waals surface area (Å²) in [5.41, 5.74) is 1.21. The van der Waals surface area contributed by atoms with E-state index in [1.165, 1.54) is 24.4 Å². The Kier molecular flexibility index (Phi) is 3.93. The molecule has 0 aliphatic heterocycles. The fourth-order valence-corrected chi connectivity index (χ4v) is 3.15. The summed E-state index contributed by atoms with van der Waals surface area (Å²) in [6.45, 7) is 1.82. The molecule has 2 aromatic rings. The summed E-state index contributed by atoms with van der Waals surface area (Å²) in [7, 11) is -3.81. The van der Waals surface area contributed by atoms with Gasteiger partial charge < -0.3 is 0 Å². The number of hydrogen-bond donors (Lipinski definition) is 1. The van der Waals surface area contributed by atoms with E-state index in [1.807, 2.05) is 13.0 Å². The van der Waals surface area contributed by atoms with Crippen LogP contribution in [0.4, 0.5) is 5.82 Å². The average Bonchev–Trinajstić information content (AvgIpc) is 2.38. The van der Waals surface area contributed by atoms with E-state index in [-0.39, 0.29) is 15.7 Å². The van der Waals surface area contributed by atoms with Crippen LogP contribution in [0.1, 0.15) is 11.1 Å². The van der Waals surface area contributed by atoms with Crippen LogP contribution in [-0.2, 0) is 10.0 Å². The van der Waals surface area contributed by atoms with E-state index in [0.717, 1.165) is 5.56 Å². The number of nitrogens with zero attached hydrogens (tertiary/aromatic N) is 2. The third kappa shape index (κ3) is 3.07. The summed E-state index contributed by atoms with van der Waals surface area (Å²) in [6.07, 6.45) is 1.29. The number of aromatic nitrogens is 1. The molecule has 102 valence electrons. The van der Waals surface area contributed by atoms with E-state index in [1.54, 1.807) is 12.1 Å². The van der Waals surface area contributed by atoms with Crippen LogP contribution < -0.4 is 4.72 Å². The molecule has 0 bridgehead atoms. The molecular weight excluding hydrogens is 298 g/mol. The van der Waals surface area contributed by atoms with Crippen molar-refractivity contribution in [1.82, 2.24) is 4.98 Å². The number of nitriles is 1. The molecule has 1 aromatic carbocycles. The molecule has 0 aliphatic carbocycles. The monoisotopic (exact) mass is 307 g/mol.